The van der Waals surface area contributed by atoms with Crippen molar-refractivity contribution in [1.29, 1.82) is 5.26 Å². The first-order valence-corrected chi connectivity index (χ1v) is 4.23. The zero-order chi connectivity index (χ0) is 6.69. The van der Waals surface area contributed by atoms with Crippen molar-refractivity contribution in [3.05, 3.63) is 18.3 Å². The Hall–Kier alpha value is -0.711. The second kappa shape index (κ2) is 2.72. The molecule has 0 amide bonds. The summed E-state index contributed by atoms with van der Waals surface area (Å²) in [4.78, 5) is 2.15. The van der Waals surface area contributed by atoms with E-state index in [1.807, 2.05) is 29.9 Å². The van der Waals surface area contributed by atoms with E-state index in [9.17, 15) is 0 Å². The molecule has 1 heterocycles. The molecule has 0 fully saturated rings. The van der Waals surface area contributed by atoms with Gasteiger partial charge in [-0.1, -0.05) is 0 Å². The van der Waals surface area contributed by atoms with Gasteiger partial charge in [-0.3, -0.25) is 0 Å². The van der Waals surface area contributed by atoms with Gasteiger partial charge in [0, 0.05) is 0 Å². The monoisotopic (exact) mass is 186 g/mol. The summed E-state index contributed by atoms with van der Waals surface area (Å²) in [6, 6.07) is 3.93. The molecule has 46 valence electrons. The molecule has 0 aliphatic heterocycles. The number of rotatable bonds is 1. The molecule has 0 bridgehead atoms. The molecule has 1 aromatic rings. The molecule has 0 radical (unpaired) electrons. The van der Waals surface area contributed by atoms with Gasteiger partial charge in [0.15, 0.2) is 0 Å². The normalized spacial score (nSPS) is 8.89. The van der Waals surface area contributed by atoms with Gasteiger partial charge < -0.3 is 0 Å². The van der Waals surface area contributed by atoms with Crippen LogP contribution in [0.1, 0.15) is 0 Å². The molecule has 0 aromatic carbocycles. The van der Waals surface area contributed by atoms with Crippen LogP contribution in [0.5, 0.6) is 0 Å². The summed E-state index contributed by atoms with van der Waals surface area (Å²) in [5, 5.41) is 8.33. The average Bonchev–Trinajstić information content (AvgIpc) is 2.18. The van der Waals surface area contributed by atoms with Gasteiger partial charge in [-0.2, -0.15) is 0 Å². The first-order valence-electron chi connectivity index (χ1n) is 2.52. The van der Waals surface area contributed by atoms with E-state index in [4.69, 9.17) is 5.26 Å². The van der Waals surface area contributed by atoms with E-state index in [-0.39, 0.29) is 15.0 Å². The molecule has 1 rings (SSSR count). The van der Waals surface area contributed by atoms with Crippen molar-refractivity contribution >= 4 is 19.5 Å². The molecular formula is C6H6N2Se. The Bertz CT molecular complexity index is 233. The minimum absolute atomic E-state index is 0.00174. The average molecular weight is 185 g/mol. The summed E-state index contributed by atoms with van der Waals surface area (Å²) in [6.45, 7) is 0. The van der Waals surface area contributed by atoms with E-state index in [0.717, 1.165) is 4.59 Å². The molecular weight excluding hydrogens is 179 g/mol. The standard InChI is InChI=1S/C6H6N2Se/c1-8-4-2-3-6(8)9-5-7/h2-4H,1H3. The molecule has 2 nitrogen and oxygen atoms in total. The van der Waals surface area contributed by atoms with Gasteiger partial charge in [-0.15, -0.1) is 0 Å². The van der Waals surface area contributed by atoms with Gasteiger partial charge in [-0.25, -0.2) is 0 Å². The molecule has 0 unspecified atom stereocenters. The fourth-order valence-electron chi connectivity index (χ4n) is 0.598. The maximum atomic E-state index is 8.33. The zero-order valence-electron chi connectivity index (χ0n) is 5.03. The third kappa shape index (κ3) is 1.35. The van der Waals surface area contributed by atoms with E-state index in [2.05, 4.69) is 4.97 Å². The van der Waals surface area contributed by atoms with Crippen molar-refractivity contribution in [3.63, 3.8) is 0 Å². The topological polar surface area (TPSA) is 28.7 Å². The van der Waals surface area contributed by atoms with E-state index >= 15 is 0 Å². The molecule has 0 N–H and O–H groups in total. The number of nitriles is 1. The Morgan fingerprint density at radius 2 is 2.56 bits per heavy atom. The van der Waals surface area contributed by atoms with Crippen LogP contribution in [-0.4, -0.2) is 19.5 Å². The van der Waals surface area contributed by atoms with Crippen LogP contribution in [0.4, 0.5) is 0 Å². The predicted octanol–water partition coefficient (Wildman–Crippen LogP) is -0.164. The molecule has 1 aromatic heterocycles. The van der Waals surface area contributed by atoms with E-state index in [1.165, 1.54) is 0 Å². The van der Waals surface area contributed by atoms with Gasteiger partial charge in [0.25, 0.3) is 0 Å². The van der Waals surface area contributed by atoms with Crippen LogP contribution in [0.15, 0.2) is 18.3 Å². The first-order chi connectivity index (χ1) is 4.34. The van der Waals surface area contributed by atoms with Crippen LogP contribution < -0.4 is 4.59 Å². The number of nitrogens with zero attached hydrogens (tertiary/aromatic N) is 2. The van der Waals surface area contributed by atoms with Gasteiger partial charge in [0.05, 0.1) is 0 Å². The summed E-state index contributed by atoms with van der Waals surface area (Å²) in [7, 11) is 1.95. The summed E-state index contributed by atoms with van der Waals surface area (Å²) in [5.74, 6) is 0. The second-order valence-corrected chi connectivity index (χ2v) is 3.34. The number of hydrogen-bond acceptors (Lipinski definition) is 1. The third-order valence-corrected chi connectivity index (χ3v) is 2.57. The zero-order valence-corrected chi connectivity index (χ0v) is 6.75. The van der Waals surface area contributed by atoms with Crippen molar-refractivity contribution in [1.82, 2.24) is 4.57 Å². The SMILES string of the molecule is Cn1cccc1[Se]C#N. The third-order valence-electron chi connectivity index (χ3n) is 1.05. The van der Waals surface area contributed by atoms with Crippen LogP contribution in [0.25, 0.3) is 0 Å². The van der Waals surface area contributed by atoms with Crippen molar-refractivity contribution < 1.29 is 0 Å². The number of hydrogen-bond donors (Lipinski definition) is 0. The molecule has 3 heteroatoms. The Kier molecular flexibility index (Phi) is 1.94. The van der Waals surface area contributed by atoms with Gasteiger partial charge in [0.2, 0.25) is 0 Å². The van der Waals surface area contributed by atoms with Crippen molar-refractivity contribution in [2.24, 2.45) is 7.05 Å². The number of aryl methyl sites for hydroxylation is 1. The van der Waals surface area contributed by atoms with Gasteiger partial charge in [0.1, 0.15) is 0 Å². The Labute approximate surface area is 60.3 Å². The summed E-state index contributed by atoms with van der Waals surface area (Å²) in [5.41, 5.74) is 0. The molecule has 0 aliphatic carbocycles. The van der Waals surface area contributed by atoms with Crippen LogP contribution in [0.2, 0.25) is 0 Å². The summed E-state index contributed by atoms with van der Waals surface area (Å²) < 4.78 is 3.11. The van der Waals surface area contributed by atoms with Crippen LogP contribution in [0.3, 0.4) is 0 Å². The quantitative estimate of drug-likeness (QED) is 0.558. The Morgan fingerprint density at radius 3 is 3.00 bits per heavy atom. The minimum atomic E-state index is -0.00174. The maximum absolute atomic E-state index is 8.33. The first kappa shape index (κ1) is 6.41. The molecule has 0 aliphatic rings. The van der Waals surface area contributed by atoms with Crippen molar-refractivity contribution in [3.8, 4) is 4.97 Å². The van der Waals surface area contributed by atoms with E-state index in [1.54, 1.807) is 0 Å². The molecule has 0 spiro atoms. The molecule has 9 heavy (non-hydrogen) atoms. The Morgan fingerprint density at radius 1 is 1.78 bits per heavy atom. The van der Waals surface area contributed by atoms with Crippen LogP contribution >= 0.6 is 0 Å². The Balaban J connectivity index is 2.84. The predicted molar refractivity (Wildman–Crippen MR) is 36.4 cm³/mol. The van der Waals surface area contributed by atoms with Crippen LogP contribution in [-0.2, 0) is 7.05 Å². The van der Waals surface area contributed by atoms with Gasteiger partial charge in [-0.05, 0) is 0 Å². The second-order valence-electron chi connectivity index (χ2n) is 1.65. The van der Waals surface area contributed by atoms with E-state index in [0.29, 0.717) is 0 Å². The number of aromatic nitrogens is 1. The fourth-order valence-corrected chi connectivity index (χ4v) is 1.53. The van der Waals surface area contributed by atoms with Crippen molar-refractivity contribution in [2.75, 3.05) is 0 Å². The molecule has 0 atom stereocenters. The van der Waals surface area contributed by atoms with Crippen molar-refractivity contribution in [2.45, 2.75) is 0 Å². The van der Waals surface area contributed by atoms with E-state index < -0.39 is 0 Å². The van der Waals surface area contributed by atoms with Gasteiger partial charge >= 0.3 is 59.7 Å². The molecule has 0 saturated heterocycles. The fraction of sp³-hybridized carbons (Fsp3) is 0.167. The summed E-state index contributed by atoms with van der Waals surface area (Å²) >= 11 is -0.00174. The molecule has 0 saturated carbocycles. The van der Waals surface area contributed by atoms with Crippen LogP contribution in [0, 0.1) is 10.2 Å². The summed E-state index contributed by atoms with van der Waals surface area (Å²) in [6.07, 6.45) is 1.95.